The summed E-state index contributed by atoms with van der Waals surface area (Å²) in [6, 6.07) is 6.80. The fourth-order valence-corrected chi connectivity index (χ4v) is 3.23. The van der Waals surface area contributed by atoms with Crippen molar-refractivity contribution in [1.82, 2.24) is 15.5 Å². The number of nitrogens with one attached hydrogen (secondary N) is 2. The van der Waals surface area contributed by atoms with Gasteiger partial charge in [0, 0.05) is 17.6 Å². The number of carbonyl (C=O) groups excluding carboxylic acids is 3. The summed E-state index contributed by atoms with van der Waals surface area (Å²) in [4.78, 5) is 37.3. The van der Waals surface area contributed by atoms with Crippen LogP contribution in [-0.2, 0) is 4.79 Å². The highest BCUT2D eigenvalue weighted by Gasteiger charge is 2.48. The van der Waals surface area contributed by atoms with Gasteiger partial charge in [-0.05, 0) is 40.9 Å². The van der Waals surface area contributed by atoms with E-state index in [1.807, 2.05) is 18.2 Å². The monoisotopic (exact) mass is 351 g/mol. The van der Waals surface area contributed by atoms with E-state index < -0.39 is 11.6 Å². The standard InChI is InChI=1S/C14H14BrN3O3/c15-10-4-2-1-3-9(10)11(19)18-7-5-14(6-8-18)12(20)16-13(21)17-14/h1-4H,5-8H2,(H2,16,17,20,21). The van der Waals surface area contributed by atoms with Crippen LogP contribution < -0.4 is 10.6 Å². The van der Waals surface area contributed by atoms with E-state index >= 15 is 0 Å². The van der Waals surface area contributed by atoms with Crippen molar-refractivity contribution in [1.29, 1.82) is 0 Å². The maximum Gasteiger partial charge on any atom is 0.322 e. The van der Waals surface area contributed by atoms with Crippen LogP contribution in [0.2, 0.25) is 0 Å². The van der Waals surface area contributed by atoms with Gasteiger partial charge in [-0.2, -0.15) is 0 Å². The van der Waals surface area contributed by atoms with Crippen LogP contribution in [0.3, 0.4) is 0 Å². The average molecular weight is 352 g/mol. The molecule has 2 fully saturated rings. The molecule has 0 aromatic heterocycles. The molecule has 6 nitrogen and oxygen atoms in total. The van der Waals surface area contributed by atoms with Crippen LogP contribution in [-0.4, -0.2) is 41.4 Å². The van der Waals surface area contributed by atoms with E-state index in [-0.39, 0.29) is 11.8 Å². The molecule has 1 aromatic rings. The van der Waals surface area contributed by atoms with Crippen LogP contribution in [0.5, 0.6) is 0 Å². The second kappa shape index (κ2) is 5.14. The second-order valence-corrected chi connectivity index (χ2v) is 6.12. The number of nitrogens with zero attached hydrogens (tertiary/aromatic N) is 1. The van der Waals surface area contributed by atoms with Gasteiger partial charge in [-0.15, -0.1) is 0 Å². The lowest BCUT2D eigenvalue weighted by Crippen LogP contribution is -2.55. The number of hydrogen-bond acceptors (Lipinski definition) is 3. The predicted molar refractivity (Wildman–Crippen MR) is 78.7 cm³/mol. The molecule has 0 aliphatic carbocycles. The number of likely N-dealkylation sites (tertiary alicyclic amines) is 1. The molecule has 2 N–H and O–H groups in total. The summed E-state index contributed by atoms with van der Waals surface area (Å²) in [6.45, 7) is 0.877. The SMILES string of the molecule is O=C1NC(=O)C2(CCN(C(=O)c3ccccc3Br)CC2)N1. The third-order valence-electron chi connectivity index (χ3n) is 4.02. The van der Waals surface area contributed by atoms with E-state index in [2.05, 4.69) is 26.6 Å². The molecule has 0 saturated carbocycles. The highest BCUT2D eigenvalue weighted by Crippen LogP contribution is 2.27. The van der Waals surface area contributed by atoms with Crippen molar-refractivity contribution >= 4 is 33.8 Å². The number of carbonyl (C=O) groups is 3. The third-order valence-corrected chi connectivity index (χ3v) is 4.71. The molecule has 1 aromatic carbocycles. The summed E-state index contributed by atoms with van der Waals surface area (Å²) in [7, 11) is 0. The Bertz CT molecular complexity index is 624. The van der Waals surface area contributed by atoms with Crippen molar-refractivity contribution in [2.75, 3.05) is 13.1 Å². The summed E-state index contributed by atoms with van der Waals surface area (Å²) in [5.41, 5.74) is -0.240. The molecule has 2 heterocycles. The zero-order chi connectivity index (χ0) is 15.0. The molecule has 0 atom stereocenters. The Balaban J connectivity index is 1.72. The van der Waals surface area contributed by atoms with E-state index in [0.29, 0.717) is 31.5 Å². The fourth-order valence-electron chi connectivity index (χ4n) is 2.78. The van der Waals surface area contributed by atoms with Gasteiger partial charge in [0.2, 0.25) is 0 Å². The normalized spacial score (nSPS) is 20.3. The molecule has 1 spiro atoms. The average Bonchev–Trinajstić information content (AvgIpc) is 2.74. The van der Waals surface area contributed by atoms with Crippen molar-refractivity contribution < 1.29 is 14.4 Å². The highest BCUT2D eigenvalue weighted by atomic mass is 79.9. The van der Waals surface area contributed by atoms with Crippen LogP contribution in [0.4, 0.5) is 4.79 Å². The summed E-state index contributed by atoms with van der Waals surface area (Å²) < 4.78 is 0.752. The largest absolute Gasteiger partial charge is 0.338 e. The first-order chi connectivity index (χ1) is 10.0. The molecule has 2 aliphatic heterocycles. The number of halogens is 1. The Morgan fingerprint density at radius 3 is 2.43 bits per heavy atom. The van der Waals surface area contributed by atoms with Crippen LogP contribution in [0.1, 0.15) is 23.2 Å². The smallest absolute Gasteiger partial charge is 0.322 e. The zero-order valence-electron chi connectivity index (χ0n) is 11.2. The van der Waals surface area contributed by atoms with E-state index in [9.17, 15) is 14.4 Å². The number of piperidine rings is 1. The van der Waals surface area contributed by atoms with Crippen LogP contribution in [0.15, 0.2) is 28.7 Å². The molecule has 3 rings (SSSR count). The summed E-state index contributed by atoms with van der Waals surface area (Å²) in [5.74, 6) is -0.359. The lowest BCUT2D eigenvalue weighted by Gasteiger charge is -2.37. The van der Waals surface area contributed by atoms with Gasteiger partial charge in [0.05, 0.1) is 5.56 Å². The second-order valence-electron chi connectivity index (χ2n) is 5.26. The molecular weight excluding hydrogens is 338 g/mol. The van der Waals surface area contributed by atoms with Gasteiger partial charge in [-0.1, -0.05) is 12.1 Å². The number of hydrogen-bond donors (Lipinski definition) is 2. The molecule has 0 radical (unpaired) electrons. The molecule has 21 heavy (non-hydrogen) atoms. The number of imide groups is 1. The van der Waals surface area contributed by atoms with E-state index in [1.54, 1.807) is 11.0 Å². The summed E-state index contributed by atoms with van der Waals surface area (Å²) in [5, 5.41) is 4.95. The first-order valence-electron chi connectivity index (χ1n) is 6.69. The van der Waals surface area contributed by atoms with Crippen molar-refractivity contribution in [2.45, 2.75) is 18.4 Å². The number of rotatable bonds is 1. The lowest BCUT2D eigenvalue weighted by molar-refractivity contribution is -0.125. The first kappa shape index (κ1) is 14.1. The van der Waals surface area contributed by atoms with Crippen LogP contribution in [0.25, 0.3) is 0 Å². The van der Waals surface area contributed by atoms with Gasteiger partial charge < -0.3 is 10.2 Å². The van der Waals surface area contributed by atoms with Crippen molar-refractivity contribution in [3.8, 4) is 0 Å². The molecule has 2 aliphatic rings. The van der Waals surface area contributed by atoms with Gasteiger partial charge >= 0.3 is 6.03 Å². The molecule has 0 unspecified atom stereocenters. The molecule has 2 saturated heterocycles. The third kappa shape index (κ3) is 2.42. The van der Waals surface area contributed by atoms with Gasteiger partial charge in [-0.25, -0.2) is 4.79 Å². The predicted octanol–water partition coefficient (Wildman–Crippen LogP) is 1.26. The van der Waals surface area contributed by atoms with Crippen LogP contribution in [0, 0.1) is 0 Å². The number of benzene rings is 1. The Morgan fingerprint density at radius 1 is 1.19 bits per heavy atom. The highest BCUT2D eigenvalue weighted by molar-refractivity contribution is 9.10. The lowest BCUT2D eigenvalue weighted by atomic mass is 9.87. The van der Waals surface area contributed by atoms with Crippen molar-refractivity contribution in [2.24, 2.45) is 0 Å². The molecule has 7 heteroatoms. The number of urea groups is 1. The Kier molecular flexibility index (Phi) is 3.44. The number of amides is 4. The zero-order valence-corrected chi connectivity index (χ0v) is 12.8. The maximum atomic E-state index is 12.5. The van der Waals surface area contributed by atoms with Gasteiger partial charge in [0.15, 0.2) is 0 Å². The first-order valence-corrected chi connectivity index (χ1v) is 7.48. The van der Waals surface area contributed by atoms with E-state index in [0.717, 1.165) is 4.47 Å². The Labute approximate surface area is 130 Å². The van der Waals surface area contributed by atoms with Gasteiger partial charge in [-0.3, -0.25) is 14.9 Å². The Hall–Kier alpha value is -1.89. The minimum Gasteiger partial charge on any atom is -0.338 e. The quantitative estimate of drug-likeness (QED) is 0.747. The van der Waals surface area contributed by atoms with Gasteiger partial charge in [0.25, 0.3) is 11.8 Å². The fraction of sp³-hybridized carbons (Fsp3) is 0.357. The minimum absolute atomic E-state index is 0.0675. The Morgan fingerprint density at radius 2 is 1.86 bits per heavy atom. The minimum atomic E-state index is -0.845. The van der Waals surface area contributed by atoms with Crippen LogP contribution >= 0.6 is 15.9 Å². The summed E-state index contributed by atoms with van der Waals surface area (Å²) in [6.07, 6.45) is 0.863. The summed E-state index contributed by atoms with van der Waals surface area (Å²) >= 11 is 3.37. The van der Waals surface area contributed by atoms with E-state index in [1.165, 1.54) is 0 Å². The molecule has 0 bridgehead atoms. The van der Waals surface area contributed by atoms with Gasteiger partial charge in [0.1, 0.15) is 5.54 Å². The maximum absolute atomic E-state index is 12.5. The molecule has 4 amide bonds. The van der Waals surface area contributed by atoms with Crippen molar-refractivity contribution in [3.63, 3.8) is 0 Å². The van der Waals surface area contributed by atoms with Crippen molar-refractivity contribution in [3.05, 3.63) is 34.3 Å². The molecule has 110 valence electrons. The molecular formula is C14H14BrN3O3. The van der Waals surface area contributed by atoms with E-state index in [4.69, 9.17) is 0 Å². The topological polar surface area (TPSA) is 78.5 Å².